The third-order valence-corrected chi connectivity index (χ3v) is 6.38. The zero-order chi connectivity index (χ0) is 26.9. The van der Waals surface area contributed by atoms with Crippen molar-refractivity contribution in [1.29, 1.82) is 0 Å². The van der Waals surface area contributed by atoms with Gasteiger partial charge in [0.2, 0.25) is 5.82 Å². The van der Waals surface area contributed by atoms with Gasteiger partial charge in [0.1, 0.15) is 12.4 Å². The minimum Gasteiger partial charge on any atom is -0.594 e. The molecule has 0 bridgehead atoms. The monoisotopic (exact) mass is 513 g/mol. The quantitative estimate of drug-likeness (QED) is 0.328. The van der Waals surface area contributed by atoms with Gasteiger partial charge in [0.25, 0.3) is 0 Å². The van der Waals surface area contributed by atoms with E-state index in [0.29, 0.717) is 5.92 Å². The van der Waals surface area contributed by atoms with Crippen molar-refractivity contribution in [1.82, 2.24) is 20.4 Å². The lowest BCUT2D eigenvalue weighted by molar-refractivity contribution is -0.903. The van der Waals surface area contributed by atoms with E-state index in [0.717, 1.165) is 46.3 Å². The zero-order valence-electron chi connectivity index (χ0n) is 22.6. The zero-order valence-corrected chi connectivity index (χ0v) is 22.6. The molecule has 4 heterocycles. The Labute approximate surface area is 223 Å². The number of hydrogen-bond acceptors (Lipinski definition) is 8. The lowest BCUT2D eigenvalue weighted by atomic mass is 10.0. The molecule has 1 fully saturated rings. The summed E-state index contributed by atoms with van der Waals surface area (Å²) in [7, 11) is 0. The van der Waals surface area contributed by atoms with E-state index in [-0.39, 0.29) is 5.82 Å². The fourth-order valence-electron chi connectivity index (χ4n) is 4.18. The van der Waals surface area contributed by atoms with Crippen molar-refractivity contribution in [3.8, 4) is 11.1 Å². The number of nitrogens with zero attached hydrogens (tertiary/aromatic N) is 4. The average Bonchev–Trinajstić information content (AvgIpc) is 3.67. The molecule has 1 atom stereocenters. The Morgan fingerprint density at radius 3 is 2.71 bits per heavy atom. The van der Waals surface area contributed by atoms with Gasteiger partial charge in [0, 0.05) is 35.6 Å². The van der Waals surface area contributed by atoms with Gasteiger partial charge in [-0.15, -0.1) is 0 Å². The van der Waals surface area contributed by atoms with E-state index in [2.05, 4.69) is 51.8 Å². The van der Waals surface area contributed by atoms with E-state index >= 15 is 0 Å². The lowest BCUT2D eigenvalue weighted by Gasteiger charge is -2.29. The van der Waals surface area contributed by atoms with Gasteiger partial charge in [0.05, 0.1) is 17.2 Å². The first-order chi connectivity index (χ1) is 18.1. The summed E-state index contributed by atoms with van der Waals surface area (Å²) in [6.07, 6.45) is 9.68. The number of ether oxygens (including phenoxy) is 1. The summed E-state index contributed by atoms with van der Waals surface area (Å²) < 4.78 is 5.28. The van der Waals surface area contributed by atoms with Crippen molar-refractivity contribution in [3.63, 3.8) is 0 Å². The summed E-state index contributed by atoms with van der Waals surface area (Å²) in [6, 6.07) is 9.52. The first-order valence-electron chi connectivity index (χ1n) is 13.1. The van der Waals surface area contributed by atoms with Gasteiger partial charge in [0.15, 0.2) is 11.9 Å². The predicted molar refractivity (Wildman–Crippen MR) is 147 cm³/mol. The van der Waals surface area contributed by atoms with Crippen LogP contribution in [-0.2, 0) is 4.74 Å². The fraction of sp³-hybridized carbons (Fsp3) is 0.379. The summed E-state index contributed by atoms with van der Waals surface area (Å²) in [5.41, 5.74) is 7.42. The van der Waals surface area contributed by atoms with Crippen molar-refractivity contribution >= 4 is 28.8 Å². The molecule has 3 aromatic rings. The van der Waals surface area contributed by atoms with Crippen LogP contribution in [0.3, 0.4) is 0 Å². The van der Waals surface area contributed by atoms with Crippen molar-refractivity contribution in [2.24, 2.45) is 16.8 Å². The normalized spacial score (nSPS) is 18.2. The predicted octanol–water partition coefficient (Wildman–Crippen LogP) is 3.46. The van der Waals surface area contributed by atoms with Gasteiger partial charge in [-0.25, -0.2) is 20.4 Å². The molecule has 1 saturated carbocycles. The van der Waals surface area contributed by atoms with Crippen molar-refractivity contribution in [2.45, 2.75) is 53.1 Å². The van der Waals surface area contributed by atoms with Gasteiger partial charge in [-0.05, 0) is 60.2 Å². The highest BCUT2D eigenvalue weighted by atomic mass is 16.6. The molecular weight excluding hydrogens is 478 g/mol. The lowest BCUT2D eigenvalue weighted by Crippen LogP contribution is -3.17. The molecule has 1 aliphatic carbocycles. The Hall–Kier alpha value is -3.98. The molecule has 38 heavy (non-hydrogen) atoms. The largest absolute Gasteiger partial charge is 0.594 e. The maximum Gasteiger partial charge on any atom is 0.230 e. The molecule has 9 nitrogen and oxygen atoms in total. The highest BCUT2D eigenvalue weighted by Crippen LogP contribution is 2.28. The molecule has 198 valence electrons. The van der Waals surface area contributed by atoms with Crippen LogP contribution >= 0.6 is 0 Å². The summed E-state index contributed by atoms with van der Waals surface area (Å²) in [5, 5.41) is 16.9. The number of fused-ring (bicyclic) bond motifs is 1. The number of nitrogens with one attached hydrogen (secondary N) is 3. The average molecular weight is 514 g/mol. The molecule has 0 aromatic carbocycles. The summed E-state index contributed by atoms with van der Waals surface area (Å²) in [4.78, 5) is 17.7. The first kappa shape index (κ1) is 25.7. The second kappa shape index (κ2) is 10.4. The molecule has 0 spiro atoms. The SMILES string of the molecule is CC(C)C1=CN[NH+](CC2CC2)C(Nc2ccc3ncc(-c4ccnc(N=C([O-])OC(C)(C)C)c4)cc3n2)=C1. The molecular formula is C29H35N7O2. The van der Waals surface area contributed by atoms with Gasteiger partial charge in [-0.2, -0.15) is 5.01 Å². The maximum absolute atomic E-state index is 12.1. The fourth-order valence-corrected chi connectivity index (χ4v) is 4.18. The third kappa shape index (κ3) is 6.47. The Kier molecular flexibility index (Phi) is 7.03. The molecule has 0 radical (unpaired) electrons. The number of quaternary nitrogens is 1. The molecule has 2 aliphatic rings. The minimum absolute atomic E-state index is 0.282. The molecule has 3 N–H and O–H groups in total. The number of aromatic nitrogens is 3. The molecule has 1 aliphatic heterocycles. The first-order valence-corrected chi connectivity index (χ1v) is 13.1. The third-order valence-electron chi connectivity index (χ3n) is 6.38. The number of hydrogen-bond donors (Lipinski definition) is 3. The summed E-state index contributed by atoms with van der Waals surface area (Å²) in [6.45, 7) is 10.8. The van der Waals surface area contributed by atoms with E-state index in [1.807, 2.05) is 24.3 Å². The van der Waals surface area contributed by atoms with Crippen LogP contribution in [0, 0.1) is 11.8 Å². The smallest absolute Gasteiger partial charge is 0.230 e. The number of anilines is 1. The standard InChI is InChI=1S/C29H35N7O2/c1-18(2)21-14-27(36(32-16-21)17-19-6-7-19)34-25-9-8-23-24(33-25)12-22(15-31-23)20-10-11-30-26(13-20)35-28(37)38-29(3,4)5/h8-16,18-19,32H,6-7,17H2,1-5H3,(H,33,34)(H,30,35,37). The molecule has 3 aromatic heterocycles. The van der Waals surface area contributed by atoms with Crippen molar-refractivity contribution in [3.05, 3.63) is 66.4 Å². The van der Waals surface area contributed by atoms with E-state index in [9.17, 15) is 5.11 Å². The van der Waals surface area contributed by atoms with Crippen LogP contribution in [0.4, 0.5) is 11.6 Å². The summed E-state index contributed by atoms with van der Waals surface area (Å²) >= 11 is 0. The number of allylic oxidation sites excluding steroid dienone is 2. The highest BCUT2D eigenvalue weighted by Gasteiger charge is 2.31. The van der Waals surface area contributed by atoms with Crippen LogP contribution in [-0.4, -0.2) is 33.2 Å². The second-order valence-corrected chi connectivity index (χ2v) is 11.2. The van der Waals surface area contributed by atoms with E-state index in [4.69, 9.17) is 9.72 Å². The number of pyridine rings is 3. The molecule has 1 unspecified atom stereocenters. The Morgan fingerprint density at radius 1 is 1.16 bits per heavy atom. The Balaban J connectivity index is 1.40. The van der Waals surface area contributed by atoms with Gasteiger partial charge >= 0.3 is 0 Å². The van der Waals surface area contributed by atoms with Crippen LogP contribution in [0.5, 0.6) is 0 Å². The number of rotatable bonds is 7. The molecule has 0 amide bonds. The van der Waals surface area contributed by atoms with Gasteiger partial charge in [-0.3, -0.25) is 10.3 Å². The van der Waals surface area contributed by atoms with E-state index < -0.39 is 11.7 Å². The minimum atomic E-state index is -0.670. The Morgan fingerprint density at radius 2 is 1.97 bits per heavy atom. The molecule has 0 saturated heterocycles. The topological polar surface area (TPSA) is 112 Å². The van der Waals surface area contributed by atoms with Gasteiger partial charge in [-0.1, -0.05) is 34.6 Å². The van der Waals surface area contributed by atoms with Crippen molar-refractivity contribution < 1.29 is 14.9 Å². The Bertz CT molecular complexity index is 1420. The van der Waals surface area contributed by atoms with E-state index in [1.165, 1.54) is 23.4 Å². The van der Waals surface area contributed by atoms with Crippen LogP contribution in [0.15, 0.2) is 71.4 Å². The van der Waals surface area contributed by atoms with Crippen LogP contribution < -0.4 is 20.9 Å². The van der Waals surface area contributed by atoms with Crippen LogP contribution in [0.1, 0.15) is 47.5 Å². The maximum atomic E-state index is 12.1. The van der Waals surface area contributed by atoms with E-state index in [1.54, 1.807) is 39.2 Å². The van der Waals surface area contributed by atoms with Crippen LogP contribution in [0.25, 0.3) is 22.2 Å². The molecule has 9 heteroatoms. The number of aliphatic imine (C=N–C) groups is 1. The van der Waals surface area contributed by atoms with Crippen molar-refractivity contribution in [2.75, 3.05) is 11.9 Å². The highest BCUT2D eigenvalue weighted by molar-refractivity contribution is 5.82. The van der Waals surface area contributed by atoms with Gasteiger partial charge < -0.3 is 9.84 Å². The van der Waals surface area contributed by atoms with Crippen LogP contribution in [0.2, 0.25) is 0 Å². The second-order valence-electron chi connectivity index (χ2n) is 11.2. The summed E-state index contributed by atoms with van der Waals surface area (Å²) in [5.74, 6) is 3.30. The molecule has 5 rings (SSSR count).